The number of amidine groups is 1. The first-order valence-electron chi connectivity index (χ1n) is 5.78. The Morgan fingerprint density at radius 1 is 1.50 bits per heavy atom. The quantitative estimate of drug-likeness (QED) is 0.494. The highest BCUT2D eigenvalue weighted by atomic mass is 32.1. The molecule has 2 N–H and O–H groups in total. The molecule has 0 bridgehead atoms. The third kappa shape index (κ3) is 3.05. The lowest BCUT2D eigenvalue weighted by Crippen LogP contribution is -2.39. The first-order valence-corrected chi connectivity index (χ1v) is 6.66. The van der Waals surface area contributed by atoms with Crippen LogP contribution in [0.15, 0.2) is 16.7 Å². The van der Waals surface area contributed by atoms with Gasteiger partial charge in [0.2, 0.25) is 10.8 Å². The maximum Gasteiger partial charge on any atom is 0.203 e. The smallest absolute Gasteiger partial charge is 0.203 e. The van der Waals surface area contributed by atoms with Crippen LogP contribution in [0, 0.1) is 16.7 Å². The van der Waals surface area contributed by atoms with E-state index in [0.29, 0.717) is 5.13 Å². The summed E-state index contributed by atoms with van der Waals surface area (Å²) in [5.74, 6) is 0.196. The molecule has 1 aliphatic rings. The molecule has 0 unspecified atom stereocenters. The van der Waals surface area contributed by atoms with Crippen molar-refractivity contribution in [3.8, 4) is 6.07 Å². The Balaban J connectivity index is 2.01. The summed E-state index contributed by atoms with van der Waals surface area (Å²) in [6.07, 6.45) is 4.99. The summed E-state index contributed by atoms with van der Waals surface area (Å²) < 4.78 is 0. The van der Waals surface area contributed by atoms with Crippen LogP contribution >= 0.6 is 11.3 Å². The fourth-order valence-electron chi connectivity index (χ4n) is 1.78. The predicted molar refractivity (Wildman–Crippen MR) is 71.9 cm³/mol. The number of hydrazone groups is 1. The van der Waals surface area contributed by atoms with Gasteiger partial charge in [0.15, 0.2) is 5.84 Å². The molecule has 18 heavy (non-hydrogen) atoms. The number of nitriles is 1. The first-order chi connectivity index (χ1) is 8.81. The van der Waals surface area contributed by atoms with Crippen LogP contribution in [0.5, 0.6) is 0 Å². The van der Waals surface area contributed by atoms with Crippen LogP contribution in [0.1, 0.15) is 19.3 Å². The van der Waals surface area contributed by atoms with Crippen molar-refractivity contribution in [2.45, 2.75) is 19.3 Å². The Bertz CT molecular complexity index is 466. The highest BCUT2D eigenvalue weighted by molar-refractivity contribution is 7.13. The number of rotatable bonds is 3. The van der Waals surface area contributed by atoms with Crippen molar-refractivity contribution in [1.82, 2.24) is 9.88 Å². The molecule has 1 fully saturated rings. The van der Waals surface area contributed by atoms with Crippen LogP contribution in [0.3, 0.4) is 0 Å². The van der Waals surface area contributed by atoms with Gasteiger partial charge in [-0.2, -0.15) is 10.4 Å². The van der Waals surface area contributed by atoms with Gasteiger partial charge < -0.3 is 4.90 Å². The van der Waals surface area contributed by atoms with E-state index in [1.807, 2.05) is 16.3 Å². The molecule has 6 nitrogen and oxygen atoms in total. The number of piperidine rings is 1. The van der Waals surface area contributed by atoms with Crippen LogP contribution in [-0.2, 0) is 0 Å². The van der Waals surface area contributed by atoms with Gasteiger partial charge in [0.1, 0.15) is 6.07 Å². The molecular weight excluding hydrogens is 248 g/mol. The molecule has 0 amide bonds. The van der Waals surface area contributed by atoms with Crippen molar-refractivity contribution in [2.24, 2.45) is 5.10 Å². The molecule has 0 saturated carbocycles. The zero-order valence-electron chi connectivity index (χ0n) is 9.89. The summed E-state index contributed by atoms with van der Waals surface area (Å²) in [6.45, 7) is 1.66. The second kappa shape index (κ2) is 6.12. The second-order valence-electron chi connectivity index (χ2n) is 3.92. The van der Waals surface area contributed by atoms with E-state index in [1.165, 1.54) is 17.8 Å². The Morgan fingerprint density at radius 2 is 2.28 bits per heavy atom. The molecule has 1 saturated heterocycles. The average Bonchev–Trinajstić information content (AvgIpc) is 2.93. The predicted octanol–water partition coefficient (Wildman–Crippen LogP) is 1.90. The first kappa shape index (κ1) is 12.5. The largest absolute Gasteiger partial charge is 0.355 e. The number of nitrogens with zero attached hydrogens (tertiary/aromatic N) is 4. The lowest BCUT2D eigenvalue weighted by Gasteiger charge is -2.27. The molecule has 2 heterocycles. The molecule has 0 radical (unpaired) electrons. The van der Waals surface area contributed by atoms with Gasteiger partial charge in [-0.15, -0.1) is 11.3 Å². The Hall–Kier alpha value is -1.94. The number of hydrogen-bond donors (Lipinski definition) is 2. The molecule has 7 heteroatoms. The van der Waals surface area contributed by atoms with Crippen molar-refractivity contribution in [2.75, 3.05) is 18.5 Å². The molecular formula is C11H14N6S. The summed E-state index contributed by atoms with van der Waals surface area (Å²) in [5.41, 5.74) is 2.80. The van der Waals surface area contributed by atoms with Crippen molar-refractivity contribution in [3.05, 3.63) is 11.6 Å². The fourth-order valence-corrected chi connectivity index (χ4v) is 2.25. The van der Waals surface area contributed by atoms with E-state index in [4.69, 9.17) is 10.7 Å². The van der Waals surface area contributed by atoms with E-state index in [9.17, 15) is 0 Å². The van der Waals surface area contributed by atoms with Crippen LogP contribution in [0.4, 0.5) is 5.13 Å². The molecule has 1 aliphatic heterocycles. The molecule has 1 aromatic rings. The van der Waals surface area contributed by atoms with Gasteiger partial charge in [-0.05, 0) is 19.3 Å². The molecule has 94 valence electrons. The number of likely N-dealkylation sites (tertiary alicyclic amines) is 1. The second-order valence-corrected chi connectivity index (χ2v) is 4.81. The summed E-state index contributed by atoms with van der Waals surface area (Å²) in [5, 5.41) is 23.4. The zero-order valence-corrected chi connectivity index (χ0v) is 10.7. The zero-order chi connectivity index (χ0) is 12.8. The minimum Gasteiger partial charge on any atom is -0.355 e. The number of nitrogens with one attached hydrogen (secondary N) is 2. The van der Waals surface area contributed by atoms with E-state index in [1.54, 1.807) is 6.20 Å². The Kier molecular flexibility index (Phi) is 4.25. The van der Waals surface area contributed by atoms with Crippen LogP contribution < -0.4 is 5.43 Å². The minimum absolute atomic E-state index is 0.104. The van der Waals surface area contributed by atoms with Crippen molar-refractivity contribution in [3.63, 3.8) is 0 Å². The minimum atomic E-state index is 0.104. The summed E-state index contributed by atoms with van der Waals surface area (Å²) in [6, 6.07) is 1.96. The third-order valence-corrected chi connectivity index (χ3v) is 3.38. The van der Waals surface area contributed by atoms with E-state index >= 15 is 0 Å². The summed E-state index contributed by atoms with van der Waals surface area (Å²) >= 11 is 1.40. The van der Waals surface area contributed by atoms with Crippen molar-refractivity contribution in [1.29, 1.82) is 10.7 Å². The van der Waals surface area contributed by atoms with Crippen LogP contribution in [0.25, 0.3) is 0 Å². The SMILES string of the molecule is N#C/C(=N/Nc1nccs1)C(=N)N1CCCCC1. The van der Waals surface area contributed by atoms with Gasteiger partial charge in [-0.3, -0.25) is 10.8 Å². The van der Waals surface area contributed by atoms with Gasteiger partial charge in [-0.1, -0.05) is 0 Å². The molecule has 1 aromatic heterocycles. The maximum atomic E-state index is 9.05. The molecule has 0 atom stereocenters. The van der Waals surface area contributed by atoms with E-state index in [0.717, 1.165) is 25.9 Å². The van der Waals surface area contributed by atoms with Crippen LogP contribution in [0.2, 0.25) is 0 Å². The molecule has 2 rings (SSSR count). The monoisotopic (exact) mass is 262 g/mol. The highest BCUT2D eigenvalue weighted by Gasteiger charge is 2.18. The summed E-state index contributed by atoms with van der Waals surface area (Å²) in [4.78, 5) is 5.90. The normalized spacial score (nSPS) is 16.2. The van der Waals surface area contributed by atoms with E-state index < -0.39 is 0 Å². The van der Waals surface area contributed by atoms with Crippen molar-refractivity contribution < 1.29 is 0 Å². The fraction of sp³-hybridized carbons (Fsp3) is 0.455. The third-order valence-electron chi connectivity index (χ3n) is 2.70. The molecule has 0 spiro atoms. The Labute approximate surface area is 109 Å². The standard InChI is InChI=1S/C11H14N6S/c12-8-9(15-16-11-14-4-7-18-11)10(13)17-5-2-1-3-6-17/h4,7,13H,1-3,5-6H2,(H,14,16)/b13-10?,15-9-. The molecule has 0 aromatic carbocycles. The van der Waals surface area contributed by atoms with Gasteiger partial charge in [0, 0.05) is 24.7 Å². The maximum absolute atomic E-state index is 9.05. The lowest BCUT2D eigenvalue weighted by atomic mass is 10.1. The summed E-state index contributed by atoms with van der Waals surface area (Å²) in [7, 11) is 0. The number of hydrogen-bond acceptors (Lipinski definition) is 6. The van der Waals surface area contributed by atoms with E-state index in [2.05, 4.69) is 15.5 Å². The topological polar surface area (TPSA) is 88.2 Å². The number of anilines is 1. The lowest BCUT2D eigenvalue weighted by molar-refractivity contribution is 0.344. The van der Waals surface area contributed by atoms with Gasteiger partial charge >= 0.3 is 0 Å². The molecule has 0 aliphatic carbocycles. The highest BCUT2D eigenvalue weighted by Crippen LogP contribution is 2.11. The van der Waals surface area contributed by atoms with Gasteiger partial charge in [0.05, 0.1) is 0 Å². The van der Waals surface area contributed by atoms with Gasteiger partial charge in [-0.25, -0.2) is 4.98 Å². The Morgan fingerprint density at radius 3 is 2.89 bits per heavy atom. The van der Waals surface area contributed by atoms with Gasteiger partial charge in [0.25, 0.3) is 0 Å². The van der Waals surface area contributed by atoms with Crippen molar-refractivity contribution >= 4 is 28.0 Å². The average molecular weight is 262 g/mol. The number of aromatic nitrogens is 1. The number of thiazole rings is 1. The van der Waals surface area contributed by atoms with E-state index in [-0.39, 0.29) is 11.5 Å². The van der Waals surface area contributed by atoms with Crippen LogP contribution in [-0.4, -0.2) is 34.5 Å².